The van der Waals surface area contributed by atoms with Crippen molar-refractivity contribution >= 4 is 21.7 Å². The number of hydrogen-bond donors (Lipinski definition) is 0. The van der Waals surface area contributed by atoms with E-state index < -0.39 is 11.3 Å². The van der Waals surface area contributed by atoms with E-state index in [1.54, 1.807) is 24.3 Å². The molecule has 0 fully saturated rings. The Morgan fingerprint density at radius 2 is 1.62 bits per heavy atom. The van der Waals surface area contributed by atoms with Crippen LogP contribution in [-0.2, 0) is 0 Å². The molecule has 0 N–H and O–H groups in total. The van der Waals surface area contributed by atoms with Crippen molar-refractivity contribution in [3.8, 4) is 0 Å². The molecule has 78 valence electrons. The summed E-state index contributed by atoms with van der Waals surface area (Å²) in [6.07, 6.45) is 1.21. The molecule has 16 heavy (non-hydrogen) atoms. The Morgan fingerprint density at radius 3 is 2.44 bits per heavy atom. The maximum atomic E-state index is 11.6. The number of rotatable bonds is 0. The maximum Gasteiger partial charge on any atom is 0.347 e. The molecule has 3 rings (SSSR count). The minimum Gasteiger partial charge on any atom is -0.431 e. The molecule has 0 aliphatic carbocycles. The van der Waals surface area contributed by atoms with Gasteiger partial charge in [-0.25, -0.2) is 9.59 Å². The van der Waals surface area contributed by atoms with Crippen LogP contribution in [0.2, 0.25) is 0 Å². The lowest BCUT2D eigenvalue weighted by Crippen LogP contribution is -2.05. The Bertz CT molecular complexity index is 793. The van der Waals surface area contributed by atoms with Crippen LogP contribution in [-0.4, -0.2) is 0 Å². The normalized spacial score (nSPS) is 11.0. The third kappa shape index (κ3) is 1.10. The van der Waals surface area contributed by atoms with Crippen LogP contribution in [0.25, 0.3) is 21.7 Å². The zero-order valence-corrected chi connectivity index (χ0v) is 8.10. The molecule has 3 aromatic rings. The van der Waals surface area contributed by atoms with Crippen LogP contribution >= 0.6 is 0 Å². The van der Waals surface area contributed by atoms with Crippen molar-refractivity contribution in [3.05, 3.63) is 57.4 Å². The molecule has 0 atom stereocenters. The van der Waals surface area contributed by atoms with Gasteiger partial charge < -0.3 is 8.83 Å². The van der Waals surface area contributed by atoms with Crippen LogP contribution in [0.4, 0.5) is 0 Å². The molecular weight excluding hydrogens is 208 g/mol. The third-order valence-corrected chi connectivity index (χ3v) is 2.46. The quantitative estimate of drug-likeness (QED) is 0.536. The van der Waals surface area contributed by atoms with Crippen LogP contribution in [0, 0.1) is 0 Å². The van der Waals surface area contributed by atoms with Crippen molar-refractivity contribution in [1.29, 1.82) is 0 Å². The van der Waals surface area contributed by atoms with E-state index in [9.17, 15) is 9.59 Å². The van der Waals surface area contributed by atoms with Crippen LogP contribution < -0.4 is 11.3 Å². The molecule has 1 aromatic carbocycles. The van der Waals surface area contributed by atoms with Crippen molar-refractivity contribution in [1.82, 2.24) is 0 Å². The minimum atomic E-state index is -0.502. The minimum absolute atomic E-state index is 0.250. The summed E-state index contributed by atoms with van der Waals surface area (Å²) in [7, 11) is 0. The Hall–Kier alpha value is -2.36. The number of benzene rings is 1. The lowest BCUT2D eigenvalue weighted by Gasteiger charge is -1.99. The Morgan fingerprint density at radius 1 is 0.875 bits per heavy atom. The molecule has 4 heteroatoms. The van der Waals surface area contributed by atoms with Crippen LogP contribution in [0.1, 0.15) is 0 Å². The van der Waals surface area contributed by atoms with Crippen molar-refractivity contribution in [2.24, 2.45) is 0 Å². The number of fused-ring (bicyclic) bond motifs is 3. The second kappa shape index (κ2) is 3.06. The highest BCUT2D eigenvalue weighted by molar-refractivity contribution is 6.03. The van der Waals surface area contributed by atoms with Gasteiger partial charge in [0.2, 0.25) is 0 Å². The standard InChI is InChI=1S/C12H6O4/c13-11-8-4-2-1-3-7(8)10-9(16-11)5-6-15-12(10)14/h1-6H. The van der Waals surface area contributed by atoms with Crippen molar-refractivity contribution in [2.75, 3.05) is 0 Å². The first-order chi connectivity index (χ1) is 7.77. The Labute approximate surface area is 88.7 Å². The SMILES string of the molecule is O=c1oc2ccoc(=O)c2c2ccccc12. The smallest absolute Gasteiger partial charge is 0.347 e. The lowest BCUT2D eigenvalue weighted by molar-refractivity contribution is 0.508. The molecule has 0 unspecified atom stereocenters. The van der Waals surface area contributed by atoms with Crippen molar-refractivity contribution < 1.29 is 8.83 Å². The number of hydrogen-bond acceptors (Lipinski definition) is 4. The van der Waals surface area contributed by atoms with E-state index in [1.165, 1.54) is 12.3 Å². The predicted molar refractivity (Wildman–Crippen MR) is 58.5 cm³/mol. The Balaban J connectivity index is 2.78. The summed E-state index contributed by atoms with van der Waals surface area (Å²) in [4.78, 5) is 23.2. The fourth-order valence-electron chi connectivity index (χ4n) is 1.76. The summed E-state index contributed by atoms with van der Waals surface area (Å²) in [5.41, 5.74) is -0.703. The lowest BCUT2D eigenvalue weighted by atomic mass is 10.1. The molecule has 0 saturated heterocycles. The van der Waals surface area contributed by atoms with Gasteiger partial charge in [0.25, 0.3) is 0 Å². The van der Waals surface area contributed by atoms with E-state index in [0.717, 1.165) is 0 Å². The van der Waals surface area contributed by atoms with E-state index in [4.69, 9.17) is 8.83 Å². The van der Waals surface area contributed by atoms with E-state index in [-0.39, 0.29) is 5.58 Å². The van der Waals surface area contributed by atoms with Crippen LogP contribution in [0.15, 0.2) is 55.0 Å². The zero-order valence-electron chi connectivity index (χ0n) is 8.10. The highest BCUT2D eigenvalue weighted by atomic mass is 16.4. The van der Waals surface area contributed by atoms with Crippen LogP contribution in [0.5, 0.6) is 0 Å². The van der Waals surface area contributed by atoms with Gasteiger partial charge in [0.1, 0.15) is 11.0 Å². The summed E-state index contributed by atoms with van der Waals surface area (Å²) in [6.45, 7) is 0. The first-order valence-corrected chi connectivity index (χ1v) is 4.71. The van der Waals surface area contributed by atoms with E-state index >= 15 is 0 Å². The van der Waals surface area contributed by atoms with Gasteiger partial charge in [-0.05, 0) is 6.07 Å². The van der Waals surface area contributed by atoms with Crippen molar-refractivity contribution in [2.45, 2.75) is 0 Å². The molecule has 0 radical (unpaired) electrons. The van der Waals surface area contributed by atoms with E-state index in [0.29, 0.717) is 16.2 Å². The second-order valence-electron chi connectivity index (χ2n) is 3.38. The highest BCUT2D eigenvalue weighted by Gasteiger charge is 2.09. The molecule has 0 aliphatic rings. The third-order valence-electron chi connectivity index (χ3n) is 2.46. The van der Waals surface area contributed by atoms with Gasteiger partial charge >= 0.3 is 11.3 Å². The molecule has 0 saturated carbocycles. The fraction of sp³-hybridized carbons (Fsp3) is 0. The average molecular weight is 214 g/mol. The van der Waals surface area contributed by atoms with Crippen molar-refractivity contribution in [3.63, 3.8) is 0 Å². The molecule has 0 amide bonds. The summed E-state index contributed by atoms with van der Waals surface area (Å²) in [6, 6.07) is 8.26. The van der Waals surface area contributed by atoms with E-state index in [2.05, 4.69) is 0 Å². The van der Waals surface area contributed by atoms with Gasteiger partial charge in [-0.3, -0.25) is 0 Å². The summed E-state index contributed by atoms with van der Waals surface area (Å²) in [5.74, 6) is 0. The monoisotopic (exact) mass is 214 g/mol. The molecule has 2 heterocycles. The molecule has 0 spiro atoms. The summed E-state index contributed by atoms with van der Waals surface area (Å²) in [5, 5.41) is 1.24. The first kappa shape index (κ1) is 8.91. The Kier molecular flexibility index (Phi) is 1.71. The fourth-order valence-corrected chi connectivity index (χ4v) is 1.76. The molecule has 0 bridgehead atoms. The van der Waals surface area contributed by atoms with Crippen LogP contribution in [0.3, 0.4) is 0 Å². The summed E-state index contributed by atoms with van der Waals surface area (Å²) >= 11 is 0. The van der Waals surface area contributed by atoms with Gasteiger partial charge in [0.15, 0.2) is 0 Å². The topological polar surface area (TPSA) is 60.4 Å². The van der Waals surface area contributed by atoms with Gasteiger partial charge in [-0.1, -0.05) is 18.2 Å². The average Bonchev–Trinajstić information content (AvgIpc) is 2.29. The van der Waals surface area contributed by atoms with Gasteiger partial charge in [0, 0.05) is 11.5 Å². The second-order valence-corrected chi connectivity index (χ2v) is 3.38. The maximum absolute atomic E-state index is 11.6. The predicted octanol–water partition coefficient (Wildman–Crippen LogP) is 1.90. The molecule has 2 aromatic heterocycles. The molecular formula is C12H6O4. The van der Waals surface area contributed by atoms with E-state index in [1.807, 2.05) is 0 Å². The highest BCUT2D eigenvalue weighted by Crippen LogP contribution is 2.18. The largest absolute Gasteiger partial charge is 0.431 e. The molecule has 0 aliphatic heterocycles. The van der Waals surface area contributed by atoms with Gasteiger partial charge in [-0.15, -0.1) is 0 Å². The summed E-state index contributed by atoms with van der Waals surface area (Å²) < 4.78 is 9.81. The van der Waals surface area contributed by atoms with Gasteiger partial charge in [0.05, 0.1) is 11.6 Å². The van der Waals surface area contributed by atoms with Gasteiger partial charge in [-0.2, -0.15) is 0 Å². The molecule has 4 nitrogen and oxygen atoms in total. The first-order valence-electron chi connectivity index (χ1n) is 4.71. The zero-order chi connectivity index (χ0) is 11.1.